The Labute approximate surface area is 473 Å². The number of rotatable bonds is 5. The molecular formula is C74H74BN3O2. The first kappa shape index (κ1) is 51.5. The summed E-state index contributed by atoms with van der Waals surface area (Å²) < 4.78 is 17.2. The van der Waals surface area contributed by atoms with Gasteiger partial charge in [-0.3, -0.25) is 0 Å². The van der Waals surface area contributed by atoms with E-state index in [0.29, 0.717) is 0 Å². The normalized spacial score (nSPS) is 13.7. The molecule has 0 spiro atoms. The maximum Gasteiger partial charge on any atom is 0.256 e. The highest BCUT2D eigenvalue weighted by Crippen LogP contribution is 2.49. The fourth-order valence-electron chi connectivity index (χ4n) is 12.6. The van der Waals surface area contributed by atoms with Crippen molar-refractivity contribution >= 4 is 101 Å². The fourth-order valence-corrected chi connectivity index (χ4v) is 12.6. The van der Waals surface area contributed by atoms with Crippen LogP contribution in [-0.2, 0) is 27.1 Å². The Morgan fingerprint density at radius 1 is 0.400 bits per heavy atom. The van der Waals surface area contributed by atoms with Gasteiger partial charge in [0.1, 0.15) is 17.0 Å². The number of fused-ring (bicyclic) bond motifs is 10. The highest BCUT2D eigenvalue weighted by Gasteiger charge is 2.44. The molecule has 400 valence electrons. The van der Waals surface area contributed by atoms with E-state index < -0.39 is 0 Å². The number of aromatic nitrogens is 1. The lowest BCUT2D eigenvalue weighted by Crippen LogP contribution is -2.59. The van der Waals surface area contributed by atoms with Gasteiger partial charge in [0, 0.05) is 55.7 Å². The molecule has 13 rings (SSSR count). The van der Waals surface area contributed by atoms with Crippen molar-refractivity contribution in [2.75, 3.05) is 9.80 Å². The third kappa shape index (κ3) is 8.34. The first-order valence-electron chi connectivity index (χ1n) is 28.8. The van der Waals surface area contributed by atoms with Gasteiger partial charge in [-0.1, -0.05) is 189 Å². The number of furan rings is 1. The molecule has 0 bridgehead atoms. The predicted molar refractivity (Wildman–Crippen MR) is 342 cm³/mol. The van der Waals surface area contributed by atoms with Gasteiger partial charge in [0.05, 0.1) is 11.0 Å². The molecule has 80 heavy (non-hydrogen) atoms. The van der Waals surface area contributed by atoms with Gasteiger partial charge in [0.15, 0.2) is 11.3 Å². The second-order valence-electron chi connectivity index (χ2n) is 27.9. The van der Waals surface area contributed by atoms with E-state index in [1.807, 2.05) is 0 Å². The number of benzene rings is 9. The maximum absolute atomic E-state index is 7.63. The molecule has 6 heteroatoms. The lowest BCUT2D eigenvalue weighted by molar-refractivity contribution is 0.485. The summed E-state index contributed by atoms with van der Waals surface area (Å²) in [7, 11) is 0. The van der Waals surface area contributed by atoms with E-state index in [0.717, 1.165) is 95.2 Å². The summed E-state index contributed by atoms with van der Waals surface area (Å²) in [5.41, 5.74) is 21.3. The zero-order valence-corrected chi connectivity index (χ0v) is 49.5. The first-order valence-corrected chi connectivity index (χ1v) is 28.8. The molecule has 0 saturated heterocycles. The fraction of sp³-hybridized carbons (Fsp3) is 0.270. The van der Waals surface area contributed by atoms with Crippen LogP contribution >= 0.6 is 0 Å². The Hall–Kier alpha value is -7.96. The summed E-state index contributed by atoms with van der Waals surface area (Å²) in [5.74, 6) is 1.65. The van der Waals surface area contributed by atoms with Crippen molar-refractivity contribution in [3.8, 4) is 17.2 Å². The maximum atomic E-state index is 7.63. The molecule has 2 aliphatic rings. The van der Waals surface area contributed by atoms with Crippen LogP contribution < -0.4 is 30.9 Å². The molecule has 2 aromatic heterocycles. The average molecular weight is 1050 g/mol. The van der Waals surface area contributed by atoms with Crippen molar-refractivity contribution in [3.05, 3.63) is 204 Å². The Morgan fingerprint density at radius 3 is 1.44 bits per heavy atom. The summed E-state index contributed by atoms with van der Waals surface area (Å²) >= 11 is 0. The summed E-state index contributed by atoms with van der Waals surface area (Å²) in [6, 6.07) is 66.4. The van der Waals surface area contributed by atoms with E-state index in [-0.39, 0.29) is 33.8 Å². The van der Waals surface area contributed by atoms with Crippen LogP contribution in [-0.4, -0.2) is 11.3 Å². The zero-order valence-electron chi connectivity index (χ0n) is 49.5. The quantitative estimate of drug-likeness (QED) is 0.161. The Kier molecular flexibility index (Phi) is 11.4. The van der Waals surface area contributed by atoms with Gasteiger partial charge in [-0.05, 0) is 162 Å². The van der Waals surface area contributed by atoms with E-state index in [2.05, 4.69) is 294 Å². The SMILES string of the molecule is CC(C)(C)c1ccc(N(c2ccc(C(C)(C)C)cc2)c2ccc3c(c2)N(c2ccc(C(C)(C)C)cc2)c2cccc4c2B3c2cc3c(oc5ccccc53)c(-n3c5ccc(C(C)(C)C)cc5c5cc(C(C)(C)C)ccc53)c2O4)cc1. The van der Waals surface area contributed by atoms with E-state index >= 15 is 0 Å². The van der Waals surface area contributed by atoms with Crippen LogP contribution in [0.4, 0.5) is 34.1 Å². The molecule has 5 nitrogen and oxygen atoms in total. The molecule has 0 atom stereocenters. The van der Waals surface area contributed by atoms with E-state index in [9.17, 15) is 0 Å². The van der Waals surface area contributed by atoms with Crippen LogP contribution in [0.1, 0.15) is 132 Å². The Bertz CT molecular complexity index is 4150. The topological polar surface area (TPSA) is 33.8 Å². The van der Waals surface area contributed by atoms with Gasteiger partial charge in [-0.25, -0.2) is 0 Å². The summed E-state index contributed by atoms with van der Waals surface area (Å²) in [4.78, 5) is 4.92. The number of para-hydroxylation sites is 1. The molecule has 4 heterocycles. The first-order chi connectivity index (χ1) is 37.8. The monoisotopic (exact) mass is 1050 g/mol. The molecule has 0 aliphatic carbocycles. The molecule has 0 amide bonds. The van der Waals surface area contributed by atoms with Crippen molar-refractivity contribution in [1.82, 2.24) is 4.57 Å². The smallest absolute Gasteiger partial charge is 0.256 e. The highest BCUT2D eigenvalue weighted by atomic mass is 16.5. The Morgan fingerprint density at radius 2 is 0.900 bits per heavy atom. The average Bonchev–Trinajstić information content (AvgIpc) is 3.97. The number of ether oxygens (including phenoxy) is 1. The Balaban J connectivity index is 1.11. The van der Waals surface area contributed by atoms with E-state index in [1.54, 1.807) is 0 Å². The van der Waals surface area contributed by atoms with Crippen molar-refractivity contribution in [2.24, 2.45) is 0 Å². The van der Waals surface area contributed by atoms with Crippen molar-refractivity contribution in [1.29, 1.82) is 0 Å². The zero-order chi connectivity index (χ0) is 56.2. The molecule has 0 radical (unpaired) electrons. The van der Waals surface area contributed by atoms with Gasteiger partial charge < -0.3 is 23.5 Å². The summed E-state index contributed by atoms with van der Waals surface area (Å²) in [6.07, 6.45) is 0. The lowest BCUT2D eigenvalue weighted by Gasteiger charge is -2.41. The second kappa shape index (κ2) is 17.8. The largest absolute Gasteiger partial charge is 0.456 e. The predicted octanol–water partition coefficient (Wildman–Crippen LogP) is 19.0. The molecule has 11 aromatic rings. The second-order valence-corrected chi connectivity index (χ2v) is 27.9. The van der Waals surface area contributed by atoms with Crippen LogP contribution in [0.5, 0.6) is 11.5 Å². The van der Waals surface area contributed by atoms with Gasteiger partial charge in [-0.15, -0.1) is 0 Å². The van der Waals surface area contributed by atoms with Crippen LogP contribution in [0.25, 0.3) is 49.4 Å². The van der Waals surface area contributed by atoms with Gasteiger partial charge in [0.25, 0.3) is 6.71 Å². The number of anilines is 6. The van der Waals surface area contributed by atoms with Crippen molar-refractivity contribution in [3.63, 3.8) is 0 Å². The van der Waals surface area contributed by atoms with Crippen LogP contribution in [0, 0.1) is 0 Å². The van der Waals surface area contributed by atoms with Gasteiger partial charge in [-0.2, -0.15) is 0 Å². The molecule has 0 fully saturated rings. The number of hydrogen-bond acceptors (Lipinski definition) is 4. The molecular weight excluding hydrogens is 974 g/mol. The minimum Gasteiger partial charge on any atom is -0.456 e. The molecule has 9 aromatic carbocycles. The molecule has 0 unspecified atom stereocenters. The third-order valence-corrected chi connectivity index (χ3v) is 17.2. The van der Waals surface area contributed by atoms with Crippen LogP contribution in [0.2, 0.25) is 0 Å². The number of hydrogen-bond donors (Lipinski definition) is 0. The van der Waals surface area contributed by atoms with Crippen LogP contribution in [0.3, 0.4) is 0 Å². The van der Waals surface area contributed by atoms with E-state index in [1.165, 1.54) is 44.1 Å². The molecule has 0 saturated carbocycles. The minimum absolute atomic E-state index is 0.00787. The number of nitrogens with zero attached hydrogens (tertiary/aromatic N) is 3. The minimum atomic E-state index is -0.199. The standard InChI is InChI=1S/C74H74BN3O2/c1-70(2,3)45-23-31-50(32-24-45)76(51-33-25-46(26-34-51)71(4,5)6)53-37-38-58-63(43-53)77(52-35-27-47(28-36-52)72(7,8)9)62-20-18-22-65-66(62)75(58)59-44-57-54-19-16-17-21-64(54)79-68(57)67(69(59)80-65)78-60-39-29-48(73(10,11)12)41-55(60)56-42-49(74(13,14)15)30-40-61(56)78/h16-44H,1-15H3. The highest BCUT2D eigenvalue weighted by molar-refractivity contribution is 6.99. The molecule has 2 aliphatic heterocycles. The summed E-state index contributed by atoms with van der Waals surface area (Å²) in [5, 5.41) is 4.57. The van der Waals surface area contributed by atoms with Crippen molar-refractivity contribution < 1.29 is 9.15 Å². The van der Waals surface area contributed by atoms with Gasteiger partial charge >= 0.3 is 0 Å². The third-order valence-electron chi connectivity index (χ3n) is 17.2. The molecule has 0 N–H and O–H groups in total. The van der Waals surface area contributed by atoms with Crippen LogP contribution in [0.15, 0.2) is 180 Å². The lowest BCUT2D eigenvalue weighted by atomic mass is 9.34. The van der Waals surface area contributed by atoms with Gasteiger partial charge in [0.2, 0.25) is 0 Å². The van der Waals surface area contributed by atoms with E-state index in [4.69, 9.17) is 9.15 Å². The van der Waals surface area contributed by atoms with Crippen molar-refractivity contribution in [2.45, 2.75) is 131 Å². The summed E-state index contributed by atoms with van der Waals surface area (Å²) in [6.45, 7) is 34.2.